The number of nitrogens with zero attached hydrogens (tertiary/aromatic N) is 2. The molecule has 1 aromatic heterocycles. The van der Waals surface area contributed by atoms with Crippen molar-refractivity contribution in [1.29, 1.82) is 0 Å². The Labute approximate surface area is 111 Å². The van der Waals surface area contributed by atoms with Crippen molar-refractivity contribution in [1.82, 2.24) is 25.8 Å². The van der Waals surface area contributed by atoms with Crippen molar-refractivity contribution in [3.8, 4) is 0 Å². The van der Waals surface area contributed by atoms with E-state index in [4.69, 9.17) is 5.11 Å². The molecule has 19 heavy (non-hydrogen) atoms. The van der Waals surface area contributed by atoms with E-state index in [0.717, 1.165) is 0 Å². The SMILES string of the molecule is CCC(CNC(=O)NC(C)c1ncn[nH]1)CC(=O)O. The Kier molecular flexibility index (Phi) is 5.77. The number of aromatic amines is 1. The molecule has 1 heterocycles. The van der Waals surface area contributed by atoms with Gasteiger partial charge in [-0.05, 0) is 12.8 Å². The van der Waals surface area contributed by atoms with Crippen LogP contribution in [-0.2, 0) is 4.79 Å². The number of amides is 2. The Hall–Kier alpha value is -2.12. The van der Waals surface area contributed by atoms with Crippen LogP contribution in [0.3, 0.4) is 0 Å². The lowest BCUT2D eigenvalue weighted by atomic mass is 10.0. The topological polar surface area (TPSA) is 120 Å². The monoisotopic (exact) mass is 269 g/mol. The van der Waals surface area contributed by atoms with E-state index >= 15 is 0 Å². The highest BCUT2D eigenvalue weighted by molar-refractivity contribution is 5.74. The average molecular weight is 269 g/mol. The molecule has 2 amide bonds. The van der Waals surface area contributed by atoms with Crippen LogP contribution < -0.4 is 10.6 Å². The molecule has 0 spiro atoms. The first-order valence-electron chi connectivity index (χ1n) is 6.14. The smallest absolute Gasteiger partial charge is 0.315 e. The van der Waals surface area contributed by atoms with Gasteiger partial charge in [-0.1, -0.05) is 13.3 Å². The predicted molar refractivity (Wildman–Crippen MR) is 67.4 cm³/mol. The molecule has 8 nitrogen and oxygen atoms in total. The molecule has 106 valence electrons. The van der Waals surface area contributed by atoms with Gasteiger partial charge in [0.1, 0.15) is 12.2 Å². The molecule has 0 saturated heterocycles. The zero-order valence-corrected chi connectivity index (χ0v) is 11.0. The van der Waals surface area contributed by atoms with Crippen molar-refractivity contribution in [2.45, 2.75) is 32.7 Å². The van der Waals surface area contributed by atoms with Gasteiger partial charge in [0.25, 0.3) is 0 Å². The van der Waals surface area contributed by atoms with Crippen molar-refractivity contribution in [3.63, 3.8) is 0 Å². The highest BCUT2D eigenvalue weighted by Crippen LogP contribution is 2.07. The second-order valence-corrected chi connectivity index (χ2v) is 4.32. The van der Waals surface area contributed by atoms with Crippen LogP contribution in [0.15, 0.2) is 6.33 Å². The Morgan fingerprint density at radius 3 is 2.79 bits per heavy atom. The van der Waals surface area contributed by atoms with E-state index in [1.165, 1.54) is 6.33 Å². The lowest BCUT2D eigenvalue weighted by molar-refractivity contribution is -0.138. The van der Waals surface area contributed by atoms with Crippen LogP contribution in [0.1, 0.15) is 38.6 Å². The van der Waals surface area contributed by atoms with E-state index < -0.39 is 5.97 Å². The summed E-state index contributed by atoms with van der Waals surface area (Å²) in [5.41, 5.74) is 0. The number of aromatic nitrogens is 3. The predicted octanol–water partition coefficient (Wildman–Crippen LogP) is 0.666. The summed E-state index contributed by atoms with van der Waals surface area (Å²) in [6, 6.07) is -0.644. The Morgan fingerprint density at radius 1 is 1.53 bits per heavy atom. The number of H-pyrrole nitrogens is 1. The van der Waals surface area contributed by atoms with Gasteiger partial charge in [0, 0.05) is 13.0 Å². The molecule has 1 aromatic rings. The number of nitrogens with one attached hydrogen (secondary N) is 3. The van der Waals surface area contributed by atoms with Crippen LogP contribution in [0.5, 0.6) is 0 Å². The molecule has 2 atom stereocenters. The first-order valence-corrected chi connectivity index (χ1v) is 6.14. The lowest BCUT2D eigenvalue weighted by Crippen LogP contribution is -2.40. The Morgan fingerprint density at radius 2 is 2.26 bits per heavy atom. The molecule has 2 unspecified atom stereocenters. The molecule has 0 aliphatic carbocycles. The first kappa shape index (κ1) is 14.9. The summed E-state index contributed by atoms with van der Waals surface area (Å²) >= 11 is 0. The van der Waals surface area contributed by atoms with Gasteiger partial charge in [0.05, 0.1) is 6.04 Å². The van der Waals surface area contributed by atoms with Crippen LogP contribution >= 0.6 is 0 Å². The fraction of sp³-hybridized carbons (Fsp3) is 0.636. The van der Waals surface area contributed by atoms with E-state index in [2.05, 4.69) is 25.8 Å². The molecule has 0 bridgehead atoms. The van der Waals surface area contributed by atoms with Gasteiger partial charge in [-0.15, -0.1) is 0 Å². The molecule has 0 radical (unpaired) electrons. The Balaban J connectivity index is 2.32. The second-order valence-electron chi connectivity index (χ2n) is 4.32. The van der Waals surface area contributed by atoms with Crippen molar-refractivity contribution in [2.24, 2.45) is 5.92 Å². The van der Waals surface area contributed by atoms with E-state index in [-0.39, 0.29) is 24.4 Å². The maximum atomic E-state index is 11.6. The maximum Gasteiger partial charge on any atom is 0.315 e. The summed E-state index contributed by atoms with van der Waals surface area (Å²) in [4.78, 5) is 26.2. The largest absolute Gasteiger partial charge is 0.481 e. The van der Waals surface area contributed by atoms with Gasteiger partial charge >= 0.3 is 12.0 Å². The van der Waals surface area contributed by atoms with Gasteiger partial charge in [0.2, 0.25) is 0 Å². The zero-order valence-electron chi connectivity index (χ0n) is 11.0. The van der Waals surface area contributed by atoms with Crippen molar-refractivity contribution < 1.29 is 14.7 Å². The summed E-state index contributed by atoms with van der Waals surface area (Å²) in [5.74, 6) is -0.361. The zero-order chi connectivity index (χ0) is 14.3. The highest BCUT2D eigenvalue weighted by Gasteiger charge is 2.15. The van der Waals surface area contributed by atoms with Gasteiger partial charge in [-0.3, -0.25) is 9.89 Å². The number of carboxylic acids is 1. The molecule has 1 rings (SSSR count). The molecular weight excluding hydrogens is 250 g/mol. The maximum absolute atomic E-state index is 11.6. The van der Waals surface area contributed by atoms with Crippen LogP contribution in [0, 0.1) is 5.92 Å². The van der Waals surface area contributed by atoms with Crippen LogP contribution in [-0.4, -0.2) is 38.8 Å². The first-order chi connectivity index (χ1) is 9.02. The van der Waals surface area contributed by atoms with E-state index in [1.807, 2.05) is 6.92 Å². The van der Waals surface area contributed by atoms with Gasteiger partial charge in [0.15, 0.2) is 0 Å². The third kappa shape index (κ3) is 5.36. The van der Waals surface area contributed by atoms with E-state index in [9.17, 15) is 9.59 Å². The van der Waals surface area contributed by atoms with Crippen molar-refractivity contribution >= 4 is 12.0 Å². The van der Waals surface area contributed by atoms with Gasteiger partial charge in [-0.25, -0.2) is 9.78 Å². The number of hydrogen-bond donors (Lipinski definition) is 4. The fourth-order valence-electron chi connectivity index (χ4n) is 1.58. The molecule has 0 aliphatic heterocycles. The molecule has 0 fully saturated rings. The minimum absolute atomic E-state index is 0.0500. The number of aliphatic carboxylic acids is 1. The fourth-order valence-corrected chi connectivity index (χ4v) is 1.58. The Bertz CT molecular complexity index is 406. The normalized spacial score (nSPS) is 13.6. The summed E-state index contributed by atoms with van der Waals surface area (Å²) in [6.07, 6.45) is 2.12. The van der Waals surface area contributed by atoms with Gasteiger partial charge in [-0.2, -0.15) is 5.10 Å². The molecule has 0 aromatic carbocycles. The summed E-state index contributed by atoms with van der Waals surface area (Å²) in [6.45, 7) is 4.00. The standard InChI is InChI=1S/C11H19N5O3/c1-3-8(4-9(17)18)5-12-11(19)15-7(2)10-13-6-14-16-10/h6-8H,3-5H2,1-2H3,(H,17,18)(H2,12,15,19)(H,13,14,16). The van der Waals surface area contributed by atoms with Crippen LogP contribution in [0.25, 0.3) is 0 Å². The number of rotatable bonds is 7. The van der Waals surface area contributed by atoms with Crippen LogP contribution in [0.2, 0.25) is 0 Å². The number of carbonyl (C=O) groups is 2. The quantitative estimate of drug-likeness (QED) is 0.579. The number of urea groups is 1. The third-order valence-electron chi connectivity index (χ3n) is 2.78. The molecule has 0 saturated carbocycles. The van der Waals surface area contributed by atoms with Crippen LogP contribution in [0.4, 0.5) is 4.79 Å². The number of carboxylic acid groups (broad SMARTS) is 1. The summed E-state index contributed by atoms with van der Waals surface area (Å²) in [7, 11) is 0. The number of hydrogen-bond acceptors (Lipinski definition) is 4. The molecule has 4 N–H and O–H groups in total. The lowest BCUT2D eigenvalue weighted by Gasteiger charge is -2.16. The second kappa shape index (κ2) is 7.34. The van der Waals surface area contributed by atoms with E-state index in [0.29, 0.717) is 18.8 Å². The third-order valence-corrected chi connectivity index (χ3v) is 2.78. The summed E-state index contributed by atoms with van der Waals surface area (Å²) < 4.78 is 0. The molecule has 0 aliphatic rings. The average Bonchev–Trinajstić information content (AvgIpc) is 2.87. The van der Waals surface area contributed by atoms with E-state index in [1.54, 1.807) is 6.92 Å². The summed E-state index contributed by atoms with van der Waals surface area (Å²) in [5, 5.41) is 20.4. The van der Waals surface area contributed by atoms with Crippen molar-refractivity contribution in [2.75, 3.05) is 6.54 Å². The van der Waals surface area contributed by atoms with Gasteiger partial charge < -0.3 is 15.7 Å². The number of carbonyl (C=O) groups excluding carboxylic acids is 1. The highest BCUT2D eigenvalue weighted by atomic mass is 16.4. The molecular formula is C11H19N5O3. The van der Waals surface area contributed by atoms with Crippen molar-refractivity contribution in [3.05, 3.63) is 12.2 Å². The minimum Gasteiger partial charge on any atom is -0.481 e. The molecule has 8 heteroatoms. The minimum atomic E-state index is -0.857.